The molecule has 1 heterocycles. The van der Waals surface area contributed by atoms with Crippen LogP contribution >= 0.6 is 15.9 Å². The van der Waals surface area contributed by atoms with Crippen LogP contribution in [0.2, 0.25) is 0 Å². The van der Waals surface area contributed by atoms with Crippen LogP contribution in [0.1, 0.15) is 35.7 Å². The quantitative estimate of drug-likeness (QED) is 0.647. The maximum absolute atomic E-state index is 13.1. The zero-order valence-corrected chi connectivity index (χ0v) is 17.2. The molecule has 0 atom stereocenters. The molecule has 0 spiro atoms. The molecule has 0 N–H and O–H groups in total. The Morgan fingerprint density at radius 2 is 1.69 bits per heavy atom. The number of amides is 1. The largest absolute Gasteiger partial charge is 0.328 e. The van der Waals surface area contributed by atoms with Gasteiger partial charge in [-0.15, -0.1) is 0 Å². The van der Waals surface area contributed by atoms with E-state index in [0.29, 0.717) is 16.0 Å². The van der Waals surface area contributed by atoms with Crippen molar-refractivity contribution in [3.63, 3.8) is 0 Å². The molecule has 0 radical (unpaired) electrons. The standard InChI is InChI=1S/C20H22BrN3O2/c1-12(2)13-7-6-8-14(9-13)22(3)19(25)15-10-17-18(11-16(15)21)24(5)20(26)23(17)4/h6-12H,1-5H3. The highest BCUT2D eigenvalue weighted by Gasteiger charge is 2.20. The van der Waals surface area contributed by atoms with Crippen molar-refractivity contribution in [2.75, 3.05) is 11.9 Å². The lowest BCUT2D eigenvalue weighted by Crippen LogP contribution is -2.26. The zero-order valence-electron chi connectivity index (χ0n) is 15.6. The van der Waals surface area contributed by atoms with Gasteiger partial charge in [0, 0.05) is 31.3 Å². The van der Waals surface area contributed by atoms with Crippen LogP contribution in [0, 0.1) is 0 Å². The van der Waals surface area contributed by atoms with Crippen LogP contribution in [0.4, 0.5) is 5.69 Å². The topological polar surface area (TPSA) is 47.2 Å². The molecule has 0 aliphatic rings. The number of aromatic nitrogens is 2. The van der Waals surface area contributed by atoms with Gasteiger partial charge in [-0.25, -0.2) is 4.79 Å². The third-order valence-corrected chi connectivity index (χ3v) is 5.48. The molecular formula is C20H22BrN3O2. The van der Waals surface area contributed by atoms with E-state index >= 15 is 0 Å². The minimum absolute atomic E-state index is 0.116. The van der Waals surface area contributed by atoms with E-state index in [1.165, 1.54) is 5.56 Å². The summed E-state index contributed by atoms with van der Waals surface area (Å²) in [7, 11) is 5.20. The van der Waals surface area contributed by atoms with Gasteiger partial charge in [-0.3, -0.25) is 13.9 Å². The molecule has 0 fully saturated rings. The number of benzene rings is 2. The Kier molecular flexibility index (Phi) is 4.80. The van der Waals surface area contributed by atoms with E-state index in [-0.39, 0.29) is 11.6 Å². The van der Waals surface area contributed by atoms with E-state index < -0.39 is 0 Å². The summed E-state index contributed by atoms with van der Waals surface area (Å²) in [4.78, 5) is 26.9. The summed E-state index contributed by atoms with van der Waals surface area (Å²) in [5, 5.41) is 0. The van der Waals surface area contributed by atoms with E-state index in [1.54, 1.807) is 41.2 Å². The van der Waals surface area contributed by atoms with Gasteiger partial charge in [0.25, 0.3) is 5.91 Å². The summed E-state index contributed by atoms with van der Waals surface area (Å²) in [6.07, 6.45) is 0. The predicted molar refractivity (Wildman–Crippen MR) is 109 cm³/mol. The van der Waals surface area contributed by atoms with Gasteiger partial charge in [0.15, 0.2) is 0 Å². The Balaban J connectivity index is 2.07. The van der Waals surface area contributed by atoms with Gasteiger partial charge in [0.2, 0.25) is 0 Å². The number of hydrogen-bond acceptors (Lipinski definition) is 2. The van der Waals surface area contributed by atoms with Gasteiger partial charge in [-0.05, 0) is 51.7 Å². The fourth-order valence-corrected chi connectivity index (χ4v) is 3.57. The van der Waals surface area contributed by atoms with Gasteiger partial charge in [0.05, 0.1) is 16.6 Å². The van der Waals surface area contributed by atoms with E-state index in [1.807, 2.05) is 24.3 Å². The summed E-state index contributed by atoms with van der Waals surface area (Å²) >= 11 is 3.49. The highest BCUT2D eigenvalue weighted by atomic mass is 79.9. The maximum atomic E-state index is 13.1. The van der Waals surface area contributed by atoms with Crippen LogP contribution in [0.15, 0.2) is 45.7 Å². The number of imidazole rings is 1. The lowest BCUT2D eigenvalue weighted by Gasteiger charge is -2.20. The third-order valence-electron chi connectivity index (χ3n) is 4.82. The van der Waals surface area contributed by atoms with Crippen LogP contribution in [0.3, 0.4) is 0 Å². The van der Waals surface area contributed by atoms with Crippen LogP contribution in [0.5, 0.6) is 0 Å². The number of aryl methyl sites for hydroxylation is 2. The van der Waals surface area contributed by atoms with Crippen molar-refractivity contribution in [2.24, 2.45) is 14.1 Å². The first-order chi connectivity index (χ1) is 12.2. The lowest BCUT2D eigenvalue weighted by atomic mass is 10.0. The number of anilines is 1. The smallest absolute Gasteiger partial charge is 0.311 e. The van der Waals surface area contributed by atoms with Crippen LogP contribution in [-0.2, 0) is 14.1 Å². The average molecular weight is 416 g/mol. The minimum Gasteiger partial charge on any atom is -0.311 e. The van der Waals surface area contributed by atoms with Crippen molar-refractivity contribution in [1.82, 2.24) is 9.13 Å². The molecule has 26 heavy (non-hydrogen) atoms. The first-order valence-corrected chi connectivity index (χ1v) is 9.24. The Bertz CT molecular complexity index is 1060. The Labute approximate surface area is 161 Å². The summed E-state index contributed by atoms with van der Waals surface area (Å²) in [6, 6.07) is 11.6. The molecule has 2 aromatic carbocycles. The second-order valence-corrected chi connectivity index (χ2v) is 7.69. The molecule has 5 nitrogen and oxygen atoms in total. The van der Waals surface area contributed by atoms with Gasteiger partial charge in [-0.1, -0.05) is 26.0 Å². The second kappa shape index (κ2) is 6.76. The Morgan fingerprint density at radius 3 is 2.31 bits per heavy atom. The predicted octanol–water partition coefficient (Wildman–Crippen LogP) is 4.04. The van der Waals surface area contributed by atoms with Gasteiger partial charge >= 0.3 is 5.69 Å². The molecule has 3 aromatic rings. The van der Waals surface area contributed by atoms with E-state index in [4.69, 9.17) is 0 Å². The number of rotatable bonds is 3. The Morgan fingerprint density at radius 1 is 1.08 bits per heavy atom. The van der Waals surface area contributed by atoms with Crippen molar-refractivity contribution in [3.05, 3.63) is 62.5 Å². The molecule has 3 rings (SSSR count). The first kappa shape index (κ1) is 18.5. The fraction of sp³-hybridized carbons (Fsp3) is 0.300. The molecule has 0 saturated heterocycles. The van der Waals surface area contributed by atoms with Crippen LogP contribution in [-0.4, -0.2) is 22.1 Å². The number of carbonyl (C=O) groups is 1. The maximum Gasteiger partial charge on any atom is 0.328 e. The molecule has 0 aliphatic carbocycles. The van der Waals surface area contributed by atoms with Crippen molar-refractivity contribution in [2.45, 2.75) is 19.8 Å². The number of fused-ring (bicyclic) bond motifs is 1. The molecular weight excluding hydrogens is 394 g/mol. The molecule has 136 valence electrons. The van der Waals surface area contributed by atoms with Crippen LogP contribution < -0.4 is 10.6 Å². The van der Waals surface area contributed by atoms with Crippen molar-refractivity contribution in [1.29, 1.82) is 0 Å². The third kappa shape index (κ3) is 2.98. The van der Waals surface area contributed by atoms with E-state index in [2.05, 4.69) is 35.8 Å². The molecule has 0 unspecified atom stereocenters. The molecule has 0 aliphatic heterocycles. The molecule has 1 amide bonds. The molecule has 1 aromatic heterocycles. The summed E-state index contributed by atoms with van der Waals surface area (Å²) < 4.78 is 3.80. The SMILES string of the molecule is CC(C)c1cccc(N(C)C(=O)c2cc3c(cc2Br)n(C)c(=O)n3C)c1. The fourth-order valence-electron chi connectivity index (χ4n) is 3.07. The molecule has 6 heteroatoms. The lowest BCUT2D eigenvalue weighted by molar-refractivity contribution is 0.0992. The van der Waals surface area contributed by atoms with Gasteiger partial charge in [0.1, 0.15) is 0 Å². The number of nitrogens with zero attached hydrogens (tertiary/aromatic N) is 3. The number of hydrogen-bond donors (Lipinski definition) is 0. The zero-order chi connectivity index (χ0) is 19.2. The summed E-state index contributed by atoms with van der Waals surface area (Å²) in [5.74, 6) is 0.261. The van der Waals surface area contributed by atoms with E-state index in [0.717, 1.165) is 16.7 Å². The second-order valence-electron chi connectivity index (χ2n) is 6.84. The Hall–Kier alpha value is -2.34. The van der Waals surface area contributed by atoms with Gasteiger partial charge < -0.3 is 4.90 Å². The van der Waals surface area contributed by atoms with Crippen molar-refractivity contribution in [3.8, 4) is 0 Å². The van der Waals surface area contributed by atoms with Crippen molar-refractivity contribution >= 4 is 38.6 Å². The number of carbonyl (C=O) groups excluding carboxylic acids is 1. The summed E-state index contributed by atoms with van der Waals surface area (Å²) in [6.45, 7) is 4.25. The number of halogens is 1. The van der Waals surface area contributed by atoms with Gasteiger partial charge in [-0.2, -0.15) is 0 Å². The minimum atomic E-state index is -0.129. The normalized spacial score (nSPS) is 11.3. The van der Waals surface area contributed by atoms with E-state index in [9.17, 15) is 9.59 Å². The average Bonchev–Trinajstić information content (AvgIpc) is 2.84. The molecule has 0 saturated carbocycles. The first-order valence-electron chi connectivity index (χ1n) is 8.45. The highest BCUT2D eigenvalue weighted by molar-refractivity contribution is 9.10. The molecule has 0 bridgehead atoms. The highest BCUT2D eigenvalue weighted by Crippen LogP contribution is 2.27. The monoisotopic (exact) mass is 415 g/mol. The summed E-state index contributed by atoms with van der Waals surface area (Å²) in [5.41, 5.74) is 3.95. The van der Waals surface area contributed by atoms with Crippen molar-refractivity contribution < 1.29 is 4.79 Å². The van der Waals surface area contributed by atoms with Crippen LogP contribution in [0.25, 0.3) is 11.0 Å².